The number of rotatable bonds is 6. The minimum atomic E-state index is 0.220. The molecule has 0 aromatic carbocycles. The van der Waals surface area contributed by atoms with Crippen LogP contribution in [0.1, 0.15) is 19.8 Å². The van der Waals surface area contributed by atoms with Crippen molar-refractivity contribution in [3.05, 3.63) is 17.5 Å². The number of hydrogen-bond acceptors (Lipinski definition) is 4. The van der Waals surface area contributed by atoms with Crippen LogP contribution in [0.25, 0.3) is 0 Å². The van der Waals surface area contributed by atoms with Gasteiger partial charge < -0.3 is 10.4 Å². The van der Waals surface area contributed by atoms with Gasteiger partial charge in [-0.1, -0.05) is 24.9 Å². The lowest BCUT2D eigenvalue weighted by Crippen LogP contribution is -2.15. The van der Waals surface area contributed by atoms with Crippen LogP contribution >= 0.6 is 11.6 Å². The summed E-state index contributed by atoms with van der Waals surface area (Å²) in [4.78, 5) is 7.83. The summed E-state index contributed by atoms with van der Waals surface area (Å²) in [5.41, 5.74) is 0. The van der Waals surface area contributed by atoms with E-state index in [9.17, 15) is 0 Å². The fourth-order valence-electron chi connectivity index (χ4n) is 1.32. The molecule has 0 spiro atoms. The maximum absolute atomic E-state index is 8.84. The SMILES string of the molecule is CCC(CCO)CNc1ncncc1Cl. The first kappa shape index (κ1) is 12.2. The Kier molecular flexibility index (Phi) is 5.36. The van der Waals surface area contributed by atoms with Gasteiger partial charge in [-0.3, -0.25) is 0 Å². The third-order valence-corrected chi connectivity index (χ3v) is 2.62. The third kappa shape index (κ3) is 4.01. The normalized spacial score (nSPS) is 12.5. The topological polar surface area (TPSA) is 58.0 Å². The summed E-state index contributed by atoms with van der Waals surface area (Å²) in [6, 6.07) is 0. The maximum atomic E-state index is 8.84. The van der Waals surface area contributed by atoms with Crippen molar-refractivity contribution in [1.29, 1.82) is 0 Å². The molecule has 1 heterocycles. The second kappa shape index (κ2) is 6.58. The monoisotopic (exact) mass is 229 g/mol. The van der Waals surface area contributed by atoms with E-state index in [-0.39, 0.29) is 6.61 Å². The molecule has 15 heavy (non-hydrogen) atoms. The average molecular weight is 230 g/mol. The van der Waals surface area contributed by atoms with Crippen LogP contribution in [0.3, 0.4) is 0 Å². The number of halogens is 1. The molecule has 0 aliphatic rings. The van der Waals surface area contributed by atoms with E-state index >= 15 is 0 Å². The number of nitrogens with zero attached hydrogens (tertiary/aromatic N) is 2. The van der Waals surface area contributed by atoms with Crippen molar-refractivity contribution in [1.82, 2.24) is 9.97 Å². The smallest absolute Gasteiger partial charge is 0.148 e. The average Bonchev–Trinajstić information content (AvgIpc) is 2.26. The standard InChI is InChI=1S/C10H16ClN3O/c1-2-8(3-4-15)5-13-10-9(11)6-12-7-14-10/h6-8,15H,2-5H2,1H3,(H,12,13,14). The molecule has 2 N–H and O–H groups in total. The van der Waals surface area contributed by atoms with Crippen molar-refractivity contribution in [3.63, 3.8) is 0 Å². The molecular formula is C10H16ClN3O. The third-order valence-electron chi connectivity index (χ3n) is 2.34. The molecule has 5 heteroatoms. The van der Waals surface area contributed by atoms with E-state index in [1.165, 1.54) is 6.33 Å². The van der Waals surface area contributed by atoms with Gasteiger partial charge in [-0.05, 0) is 12.3 Å². The second-order valence-electron chi connectivity index (χ2n) is 3.39. The van der Waals surface area contributed by atoms with Crippen molar-refractivity contribution in [3.8, 4) is 0 Å². The molecule has 0 aliphatic heterocycles. The first-order valence-corrected chi connectivity index (χ1v) is 5.46. The molecule has 1 aromatic heterocycles. The van der Waals surface area contributed by atoms with E-state index in [2.05, 4.69) is 22.2 Å². The summed E-state index contributed by atoms with van der Waals surface area (Å²) in [5.74, 6) is 1.10. The molecule has 4 nitrogen and oxygen atoms in total. The van der Waals surface area contributed by atoms with Crippen LogP contribution in [-0.2, 0) is 0 Å². The summed E-state index contributed by atoms with van der Waals surface area (Å²) < 4.78 is 0. The molecule has 1 rings (SSSR count). The van der Waals surface area contributed by atoms with Crippen LogP contribution in [0.4, 0.5) is 5.82 Å². The molecule has 0 saturated heterocycles. The van der Waals surface area contributed by atoms with E-state index in [0.29, 0.717) is 16.8 Å². The molecule has 0 radical (unpaired) electrons. The first-order chi connectivity index (χ1) is 7.27. The highest BCUT2D eigenvalue weighted by atomic mass is 35.5. The minimum absolute atomic E-state index is 0.220. The minimum Gasteiger partial charge on any atom is -0.396 e. The van der Waals surface area contributed by atoms with Crippen LogP contribution in [0.5, 0.6) is 0 Å². The molecule has 1 unspecified atom stereocenters. The lowest BCUT2D eigenvalue weighted by Gasteiger charge is -2.14. The highest BCUT2D eigenvalue weighted by Crippen LogP contribution is 2.17. The predicted molar refractivity (Wildman–Crippen MR) is 61.0 cm³/mol. The van der Waals surface area contributed by atoms with Gasteiger partial charge in [0.2, 0.25) is 0 Å². The number of aliphatic hydroxyl groups is 1. The van der Waals surface area contributed by atoms with Crippen LogP contribution in [0.2, 0.25) is 5.02 Å². The second-order valence-corrected chi connectivity index (χ2v) is 3.79. The number of hydrogen-bond donors (Lipinski definition) is 2. The molecule has 0 amide bonds. The first-order valence-electron chi connectivity index (χ1n) is 5.08. The van der Waals surface area contributed by atoms with Gasteiger partial charge >= 0.3 is 0 Å². The molecule has 0 fully saturated rings. The van der Waals surface area contributed by atoms with E-state index in [4.69, 9.17) is 16.7 Å². The van der Waals surface area contributed by atoms with Crippen molar-refractivity contribution < 1.29 is 5.11 Å². The Balaban J connectivity index is 2.45. The van der Waals surface area contributed by atoms with Gasteiger partial charge in [-0.15, -0.1) is 0 Å². The summed E-state index contributed by atoms with van der Waals surface area (Å²) in [6.45, 7) is 3.09. The zero-order valence-electron chi connectivity index (χ0n) is 8.78. The number of nitrogens with one attached hydrogen (secondary N) is 1. The fourth-order valence-corrected chi connectivity index (χ4v) is 1.49. The molecule has 1 aromatic rings. The Morgan fingerprint density at radius 1 is 1.60 bits per heavy atom. The molecule has 0 saturated carbocycles. The predicted octanol–water partition coefficient (Wildman–Crippen LogP) is 1.95. The lowest BCUT2D eigenvalue weighted by atomic mass is 10.0. The van der Waals surface area contributed by atoms with Gasteiger partial charge in [-0.25, -0.2) is 9.97 Å². The lowest BCUT2D eigenvalue weighted by molar-refractivity contribution is 0.258. The summed E-state index contributed by atoms with van der Waals surface area (Å²) in [7, 11) is 0. The molecule has 0 aliphatic carbocycles. The number of aliphatic hydroxyl groups excluding tert-OH is 1. The van der Waals surface area contributed by atoms with Crippen molar-refractivity contribution >= 4 is 17.4 Å². The molecule has 84 valence electrons. The molecule has 1 atom stereocenters. The Morgan fingerprint density at radius 3 is 3.00 bits per heavy atom. The van der Waals surface area contributed by atoms with E-state index in [1.807, 2.05) is 0 Å². The van der Waals surface area contributed by atoms with Gasteiger partial charge in [0.1, 0.15) is 17.2 Å². The quantitative estimate of drug-likeness (QED) is 0.783. The molecule has 0 bridgehead atoms. The summed E-state index contributed by atoms with van der Waals surface area (Å²) in [6.07, 6.45) is 4.84. The number of aromatic nitrogens is 2. The van der Waals surface area contributed by atoms with Crippen molar-refractivity contribution in [2.45, 2.75) is 19.8 Å². The van der Waals surface area contributed by atoms with Crippen LogP contribution in [-0.4, -0.2) is 28.2 Å². The Bertz CT molecular complexity index is 296. The van der Waals surface area contributed by atoms with Gasteiger partial charge in [0.25, 0.3) is 0 Å². The van der Waals surface area contributed by atoms with Gasteiger partial charge in [0.05, 0.1) is 6.20 Å². The van der Waals surface area contributed by atoms with E-state index in [1.54, 1.807) is 6.20 Å². The highest BCUT2D eigenvalue weighted by Gasteiger charge is 2.07. The number of anilines is 1. The van der Waals surface area contributed by atoms with Crippen LogP contribution in [0.15, 0.2) is 12.5 Å². The maximum Gasteiger partial charge on any atom is 0.148 e. The Morgan fingerprint density at radius 2 is 2.40 bits per heavy atom. The van der Waals surface area contributed by atoms with E-state index in [0.717, 1.165) is 19.4 Å². The molecular weight excluding hydrogens is 214 g/mol. The zero-order chi connectivity index (χ0) is 11.1. The van der Waals surface area contributed by atoms with Gasteiger partial charge in [0, 0.05) is 13.2 Å². The Hall–Kier alpha value is -0.870. The van der Waals surface area contributed by atoms with Gasteiger partial charge in [-0.2, -0.15) is 0 Å². The zero-order valence-corrected chi connectivity index (χ0v) is 9.54. The van der Waals surface area contributed by atoms with Crippen LogP contribution in [0, 0.1) is 5.92 Å². The summed E-state index contributed by atoms with van der Waals surface area (Å²) in [5, 5.41) is 12.5. The largest absolute Gasteiger partial charge is 0.396 e. The summed E-state index contributed by atoms with van der Waals surface area (Å²) >= 11 is 5.89. The van der Waals surface area contributed by atoms with Crippen molar-refractivity contribution in [2.24, 2.45) is 5.92 Å². The van der Waals surface area contributed by atoms with Crippen LogP contribution < -0.4 is 5.32 Å². The fraction of sp³-hybridized carbons (Fsp3) is 0.600. The van der Waals surface area contributed by atoms with Gasteiger partial charge in [0.15, 0.2) is 0 Å². The van der Waals surface area contributed by atoms with E-state index < -0.39 is 0 Å². The highest BCUT2D eigenvalue weighted by molar-refractivity contribution is 6.32. The Labute approximate surface area is 94.7 Å². The van der Waals surface area contributed by atoms with Crippen molar-refractivity contribution in [2.75, 3.05) is 18.5 Å².